The number of hydrogen-bond acceptors (Lipinski definition) is 4. The zero-order valence-electron chi connectivity index (χ0n) is 11.9. The summed E-state index contributed by atoms with van der Waals surface area (Å²) in [6, 6.07) is 6.13. The fourth-order valence-corrected chi connectivity index (χ4v) is 2.59. The van der Waals surface area contributed by atoms with E-state index in [2.05, 4.69) is 9.80 Å². The van der Waals surface area contributed by atoms with E-state index in [9.17, 15) is 14.6 Å². The smallest absolute Gasteiger partial charge is 0.123 e. The van der Waals surface area contributed by atoms with Gasteiger partial charge in [-0.3, -0.25) is 9.80 Å². The summed E-state index contributed by atoms with van der Waals surface area (Å²) in [6.45, 7) is 6.51. The molecule has 2 rings (SSSR count). The summed E-state index contributed by atoms with van der Waals surface area (Å²) in [4.78, 5) is 4.39. The first-order valence-electron chi connectivity index (χ1n) is 7.11. The first kappa shape index (κ1) is 15.4. The van der Waals surface area contributed by atoms with Gasteiger partial charge in [0.2, 0.25) is 0 Å². The van der Waals surface area contributed by atoms with Crippen LogP contribution in [-0.2, 0) is 0 Å². The molecule has 1 aliphatic heterocycles. The van der Waals surface area contributed by atoms with Crippen molar-refractivity contribution in [2.45, 2.75) is 19.1 Å². The van der Waals surface area contributed by atoms with Crippen LogP contribution in [0, 0.1) is 5.82 Å². The molecule has 1 aliphatic rings. The van der Waals surface area contributed by atoms with Crippen LogP contribution in [0.4, 0.5) is 4.39 Å². The maximum Gasteiger partial charge on any atom is 0.123 e. The maximum atomic E-state index is 13.1. The van der Waals surface area contributed by atoms with E-state index in [0.717, 1.165) is 26.2 Å². The second kappa shape index (κ2) is 7.13. The summed E-state index contributed by atoms with van der Waals surface area (Å²) < 4.78 is 13.1. The minimum Gasteiger partial charge on any atom is -0.392 e. The predicted molar refractivity (Wildman–Crippen MR) is 75.9 cm³/mol. The number of aliphatic hydroxyl groups excluding tert-OH is 2. The fourth-order valence-electron chi connectivity index (χ4n) is 2.59. The third kappa shape index (κ3) is 4.52. The molecule has 5 heteroatoms. The molecule has 0 unspecified atom stereocenters. The van der Waals surface area contributed by atoms with Crippen LogP contribution in [0.3, 0.4) is 0 Å². The van der Waals surface area contributed by atoms with Gasteiger partial charge in [0.15, 0.2) is 0 Å². The summed E-state index contributed by atoms with van der Waals surface area (Å²) in [5.41, 5.74) is 0.622. The average molecular weight is 282 g/mol. The molecule has 0 bridgehead atoms. The number of β-amino-alcohol motifs (C(OH)–C–C–N with tert-alkyl or cyclic N) is 2. The van der Waals surface area contributed by atoms with E-state index in [4.69, 9.17) is 0 Å². The molecule has 20 heavy (non-hydrogen) atoms. The van der Waals surface area contributed by atoms with E-state index in [1.54, 1.807) is 19.1 Å². The van der Waals surface area contributed by atoms with Crippen molar-refractivity contribution in [1.29, 1.82) is 0 Å². The lowest BCUT2D eigenvalue weighted by molar-refractivity contribution is 0.0526. The first-order chi connectivity index (χ1) is 9.54. The second-order valence-corrected chi connectivity index (χ2v) is 5.52. The number of aliphatic hydroxyl groups is 2. The Kier molecular flexibility index (Phi) is 5.48. The van der Waals surface area contributed by atoms with E-state index < -0.39 is 6.10 Å². The summed E-state index contributed by atoms with van der Waals surface area (Å²) >= 11 is 0. The topological polar surface area (TPSA) is 46.9 Å². The Balaban J connectivity index is 1.80. The lowest BCUT2D eigenvalue weighted by atomic mass is 10.1. The van der Waals surface area contributed by atoms with E-state index >= 15 is 0 Å². The maximum absolute atomic E-state index is 13.1. The Labute approximate surface area is 119 Å². The number of piperazine rings is 1. The minimum absolute atomic E-state index is 0.306. The largest absolute Gasteiger partial charge is 0.392 e. The molecule has 2 atom stereocenters. The van der Waals surface area contributed by atoms with Gasteiger partial charge in [-0.05, 0) is 24.6 Å². The van der Waals surface area contributed by atoms with Crippen LogP contribution >= 0.6 is 0 Å². The van der Waals surface area contributed by atoms with Crippen LogP contribution in [0.5, 0.6) is 0 Å². The molecule has 1 aromatic rings. The Morgan fingerprint density at radius 1 is 1.10 bits per heavy atom. The molecule has 0 amide bonds. The number of halogens is 1. The molecule has 1 aromatic carbocycles. The minimum atomic E-state index is -0.658. The fraction of sp³-hybridized carbons (Fsp3) is 0.600. The van der Waals surface area contributed by atoms with Crippen molar-refractivity contribution in [3.05, 3.63) is 35.6 Å². The van der Waals surface area contributed by atoms with Crippen molar-refractivity contribution >= 4 is 0 Å². The van der Waals surface area contributed by atoms with Crippen molar-refractivity contribution < 1.29 is 14.6 Å². The van der Waals surface area contributed by atoms with Gasteiger partial charge in [0, 0.05) is 39.3 Å². The number of hydrogen-bond donors (Lipinski definition) is 2. The standard InChI is InChI=1S/C15H23FN2O2/c1-12(19)10-17-5-7-18(8-6-17)11-15(20)13-3-2-4-14(16)9-13/h2-4,9,12,15,19-20H,5-8,10-11H2,1H3/t12-,15+/m0/s1. The third-order valence-corrected chi connectivity index (χ3v) is 3.65. The van der Waals surface area contributed by atoms with Crippen molar-refractivity contribution in [2.75, 3.05) is 39.3 Å². The van der Waals surface area contributed by atoms with Crippen molar-refractivity contribution in [3.63, 3.8) is 0 Å². The average Bonchev–Trinajstić information content (AvgIpc) is 2.40. The third-order valence-electron chi connectivity index (χ3n) is 3.65. The van der Waals surface area contributed by atoms with Gasteiger partial charge in [-0.1, -0.05) is 12.1 Å². The lowest BCUT2D eigenvalue weighted by Gasteiger charge is -2.36. The Morgan fingerprint density at radius 2 is 1.70 bits per heavy atom. The van der Waals surface area contributed by atoms with Gasteiger partial charge in [0.05, 0.1) is 12.2 Å². The molecule has 1 heterocycles. The number of rotatable bonds is 5. The molecule has 1 saturated heterocycles. The highest BCUT2D eigenvalue weighted by Gasteiger charge is 2.20. The summed E-state index contributed by atoms with van der Waals surface area (Å²) in [5.74, 6) is -0.316. The van der Waals surface area contributed by atoms with Gasteiger partial charge < -0.3 is 10.2 Å². The van der Waals surface area contributed by atoms with Crippen LogP contribution in [-0.4, -0.2) is 65.4 Å². The molecule has 0 radical (unpaired) electrons. The molecule has 0 aliphatic carbocycles. The Hall–Kier alpha value is -1.01. The summed E-state index contributed by atoms with van der Waals surface area (Å²) in [5, 5.41) is 19.5. The molecule has 0 saturated carbocycles. The molecule has 1 fully saturated rings. The van der Waals surface area contributed by atoms with Crippen molar-refractivity contribution in [1.82, 2.24) is 9.80 Å². The molecule has 0 aromatic heterocycles. The normalized spacial score (nSPS) is 20.8. The highest BCUT2D eigenvalue weighted by atomic mass is 19.1. The molecular weight excluding hydrogens is 259 g/mol. The zero-order chi connectivity index (χ0) is 14.5. The van der Waals surface area contributed by atoms with Crippen LogP contribution in [0.1, 0.15) is 18.6 Å². The number of nitrogens with zero attached hydrogens (tertiary/aromatic N) is 2. The summed E-state index contributed by atoms with van der Waals surface area (Å²) in [7, 11) is 0. The molecular formula is C15H23FN2O2. The van der Waals surface area contributed by atoms with Crippen LogP contribution in [0.15, 0.2) is 24.3 Å². The van der Waals surface area contributed by atoms with Crippen molar-refractivity contribution in [3.8, 4) is 0 Å². The van der Waals surface area contributed by atoms with Gasteiger partial charge in [0.1, 0.15) is 5.82 Å². The van der Waals surface area contributed by atoms with E-state index in [1.807, 2.05) is 0 Å². The molecule has 112 valence electrons. The summed E-state index contributed by atoms with van der Waals surface area (Å²) in [6.07, 6.45) is -0.964. The van der Waals surface area contributed by atoms with Gasteiger partial charge in [-0.15, -0.1) is 0 Å². The zero-order valence-corrected chi connectivity index (χ0v) is 11.9. The van der Waals surface area contributed by atoms with E-state index in [1.165, 1.54) is 12.1 Å². The van der Waals surface area contributed by atoms with Crippen LogP contribution in [0.2, 0.25) is 0 Å². The lowest BCUT2D eigenvalue weighted by Crippen LogP contribution is -2.49. The first-order valence-corrected chi connectivity index (χ1v) is 7.11. The van der Waals surface area contributed by atoms with Crippen molar-refractivity contribution in [2.24, 2.45) is 0 Å². The second-order valence-electron chi connectivity index (χ2n) is 5.52. The van der Waals surface area contributed by atoms with Crippen LogP contribution in [0.25, 0.3) is 0 Å². The van der Waals surface area contributed by atoms with Gasteiger partial charge in [-0.25, -0.2) is 4.39 Å². The quantitative estimate of drug-likeness (QED) is 0.841. The molecule has 0 spiro atoms. The number of benzene rings is 1. The highest BCUT2D eigenvalue weighted by Crippen LogP contribution is 2.16. The van der Waals surface area contributed by atoms with E-state index in [-0.39, 0.29) is 11.9 Å². The van der Waals surface area contributed by atoms with Gasteiger partial charge in [0.25, 0.3) is 0 Å². The SMILES string of the molecule is C[C@H](O)CN1CCN(C[C@@H](O)c2cccc(F)c2)CC1. The van der Waals surface area contributed by atoms with Gasteiger partial charge in [-0.2, -0.15) is 0 Å². The van der Waals surface area contributed by atoms with E-state index in [0.29, 0.717) is 18.7 Å². The molecule has 4 nitrogen and oxygen atoms in total. The highest BCUT2D eigenvalue weighted by molar-refractivity contribution is 5.19. The Morgan fingerprint density at radius 3 is 2.25 bits per heavy atom. The van der Waals surface area contributed by atoms with Crippen LogP contribution < -0.4 is 0 Å². The monoisotopic (exact) mass is 282 g/mol. The molecule has 2 N–H and O–H groups in total. The van der Waals surface area contributed by atoms with Gasteiger partial charge >= 0.3 is 0 Å². The Bertz CT molecular complexity index is 420. The predicted octanol–water partition coefficient (Wildman–Crippen LogP) is 0.857.